The van der Waals surface area contributed by atoms with Gasteiger partial charge in [0.15, 0.2) is 5.75 Å². The third-order valence-corrected chi connectivity index (χ3v) is 3.30. The van der Waals surface area contributed by atoms with Crippen molar-refractivity contribution < 1.29 is 23.0 Å². The summed E-state index contributed by atoms with van der Waals surface area (Å²) in [5.41, 5.74) is 0. The van der Waals surface area contributed by atoms with Gasteiger partial charge in [-0.15, -0.1) is 0 Å². The Kier molecular flexibility index (Phi) is 3.63. The number of hydrogen-bond acceptors (Lipinski definition) is 3. The molecule has 112 valence electrons. The van der Waals surface area contributed by atoms with Crippen molar-refractivity contribution in [1.29, 1.82) is 0 Å². The summed E-state index contributed by atoms with van der Waals surface area (Å²) in [6.07, 6.45) is -0.997. The topological polar surface area (TPSA) is 35.5 Å². The molecule has 0 aliphatic carbocycles. The first-order chi connectivity index (χ1) is 10.6. The van der Waals surface area contributed by atoms with E-state index in [4.69, 9.17) is 9.47 Å². The highest BCUT2D eigenvalue weighted by molar-refractivity contribution is 6.06. The van der Waals surface area contributed by atoms with Crippen molar-refractivity contribution in [1.82, 2.24) is 0 Å². The molecular formula is C17H12F2O3. The molecule has 0 spiro atoms. The number of carbonyl (C=O) groups is 1. The molecule has 0 amide bonds. The highest BCUT2D eigenvalue weighted by atomic mass is 19.1. The summed E-state index contributed by atoms with van der Waals surface area (Å²) in [4.78, 5) is 11.6. The molecule has 0 radical (unpaired) electrons. The first kappa shape index (κ1) is 14.3. The minimum absolute atomic E-state index is 0.0492. The molecule has 0 aromatic heterocycles. The molecule has 5 heteroatoms. The Morgan fingerprint density at radius 2 is 1.55 bits per heavy atom. The monoisotopic (exact) mass is 302 g/mol. The maximum absolute atomic E-state index is 14.2. The molecule has 3 nitrogen and oxygen atoms in total. The standard InChI is InChI=1S/C17H12F2O3/c1-2-21-17(20)22-16-14-10(5-3-7-12(14)18)9-11-6-4-8-13(19)15(11)16/h3-9H,2H2,1H3. The van der Waals surface area contributed by atoms with E-state index in [1.165, 1.54) is 24.3 Å². The van der Waals surface area contributed by atoms with Crippen molar-refractivity contribution in [3.63, 3.8) is 0 Å². The minimum Gasteiger partial charge on any atom is -0.434 e. The maximum atomic E-state index is 14.2. The van der Waals surface area contributed by atoms with Crippen molar-refractivity contribution in [2.24, 2.45) is 0 Å². The third-order valence-electron chi connectivity index (χ3n) is 3.30. The Hall–Kier alpha value is -2.69. The molecule has 0 aliphatic rings. The number of rotatable bonds is 2. The Morgan fingerprint density at radius 3 is 2.05 bits per heavy atom. The Bertz CT molecular complexity index is 815. The number of hydrogen-bond donors (Lipinski definition) is 0. The number of carbonyl (C=O) groups excluding carboxylic acids is 1. The van der Waals surface area contributed by atoms with Gasteiger partial charge in [-0.25, -0.2) is 13.6 Å². The molecule has 0 heterocycles. The van der Waals surface area contributed by atoms with Crippen LogP contribution in [0.3, 0.4) is 0 Å². The molecule has 0 saturated heterocycles. The zero-order valence-corrected chi connectivity index (χ0v) is 11.7. The summed E-state index contributed by atoms with van der Waals surface area (Å²) < 4.78 is 38.2. The highest BCUT2D eigenvalue weighted by Crippen LogP contribution is 2.38. The molecule has 3 aromatic rings. The van der Waals surface area contributed by atoms with E-state index in [0.717, 1.165) is 0 Å². The number of ether oxygens (including phenoxy) is 2. The Morgan fingerprint density at radius 1 is 1.00 bits per heavy atom. The lowest BCUT2D eigenvalue weighted by atomic mass is 10.0. The molecule has 22 heavy (non-hydrogen) atoms. The van der Waals surface area contributed by atoms with Crippen LogP contribution in [-0.4, -0.2) is 12.8 Å². The van der Waals surface area contributed by atoms with Gasteiger partial charge in [0.1, 0.15) is 11.6 Å². The van der Waals surface area contributed by atoms with Crippen LogP contribution in [0.1, 0.15) is 6.92 Å². The first-order valence-corrected chi connectivity index (χ1v) is 6.76. The van der Waals surface area contributed by atoms with Crippen LogP contribution in [0.2, 0.25) is 0 Å². The van der Waals surface area contributed by atoms with E-state index >= 15 is 0 Å². The van der Waals surface area contributed by atoms with Crippen LogP contribution in [0.4, 0.5) is 13.6 Å². The van der Waals surface area contributed by atoms with E-state index < -0.39 is 17.8 Å². The number of benzene rings is 3. The molecule has 3 aromatic carbocycles. The van der Waals surface area contributed by atoms with E-state index in [-0.39, 0.29) is 23.1 Å². The van der Waals surface area contributed by atoms with Crippen LogP contribution in [-0.2, 0) is 4.74 Å². The Balaban J connectivity index is 2.37. The van der Waals surface area contributed by atoms with Crippen LogP contribution in [0, 0.1) is 11.6 Å². The van der Waals surface area contributed by atoms with Crippen LogP contribution >= 0.6 is 0 Å². The molecule has 0 atom stereocenters. The molecule has 0 bridgehead atoms. The largest absolute Gasteiger partial charge is 0.513 e. The summed E-state index contributed by atoms with van der Waals surface area (Å²) in [7, 11) is 0. The predicted molar refractivity (Wildman–Crippen MR) is 79.0 cm³/mol. The van der Waals surface area contributed by atoms with Crippen LogP contribution < -0.4 is 4.74 Å². The Labute approximate surface area is 125 Å². The fourth-order valence-corrected chi connectivity index (χ4v) is 2.43. The second-order valence-electron chi connectivity index (χ2n) is 4.67. The molecule has 0 saturated carbocycles. The SMILES string of the molecule is CCOC(=O)Oc1c2c(F)cccc2cc2cccc(F)c12. The van der Waals surface area contributed by atoms with E-state index in [1.54, 1.807) is 25.1 Å². The van der Waals surface area contributed by atoms with Gasteiger partial charge < -0.3 is 9.47 Å². The summed E-state index contributed by atoms with van der Waals surface area (Å²) in [6.45, 7) is 1.72. The average Bonchev–Trinajstić information content (AvgIpc) is 2.47. The normalized spacial score (nSPS) is 10.9. The summed E-state index contributed by atoms with van der Waals surface area (Å²) in [5.74, 6) is -1.36. The highest BCUT2D eigenvalue weighted by Gasteiger charge is 2.19. The van der Waals surface area contributed by atoms with E-state index in [9.17, 15) is 13.6 Å². The zero-order chi connectivity index (χ0) is 15.7. The molecular weight excluding hydrogens is 290 g/mol. The number of fused-ring (bicyclic) bond motifs is 2. The fourth-order valence-electron chi connectivity index (χ4n) is 2.43. The van der Waals surface area contributed by atoms with Crippen LogP contribution in [0.5, 0.6) is 5.75 Å². The fraction of sp³-hybridized carbons (Fsp3) is 0.118. The summed E-state index contributed by atoms with van der Waals surface area (Å²) in [5, 5.41) is 1.12. The number of halogens is 2. The van der Waals surface area contributed by atoms with Gasteiger partial charge in [-0.2, -0.15) is 0 Å². The molecule has 0 fully saturated rings. The lowest BCUT2D eigenvalue weighted by molar-refractivity contribution is 0.105. The van der Waals surface area contributed by atoms with Crippen LogP contribution in [0.25, 0.3) is 21.5 Å². The molecule has 0 N–H and O–H groups in total. The predicted octanol–water partition coefficient (Wildman–Crippen LogP) is 4.81. The zero-order valence-electron chi connectivity index (χ0n) is 11.7. The van der Waals surface area contributed by atoms with E-state index in [0.29, 0.717) is 10.8 Å². The van der Waals surface area contributed by atoms with Crippen molar-refractivity contribution in [2.75, 3.05) is 6.61 Å². The second kappa shape index (κ2) is 5.60. The van der Waals surface area contributed by atoms with Gasteiger partial charge in [0, 0.05) is 0 Å². The van der Waals surface area contributed by atoms with Gasteiger partial charge in [0.2, 0.25) is 0 Å². The van der Waals surface area contributed by atoms with Crippen molar-refractivity contribution in [2.45, 2.75) is 6.92 Å². The summed E-state index contributed by atoms with van der Waals surface area (Å²) >= 11 is 0. The first-order valence-electron chi connectivity index (χ1n) is 6.76. The smallest absolute Gasteiger partial charge is 0.434 e. The van der Waals surface area contributed by atoms with Crippen molar-refractivity contribution in [3.05, 3.63) is 54.1 Å². The van der Waals surface area contributed by atoms with Crippen molar-refractivity contribution in [3.8, 4) is 5.75 Å². The second-order valence-corrected chi connectivity index (χ2v) is 4.67. The minimum atomic E-state index is -0.997. The van der Waals surface area contributed by atoms with Gasteiger partial charge in [-0.1, -0.05) is 24.3 Å². The third kappa shape index (κ3) is 2.35. The molecule has 0 unspecified atom stereocenters. The lowest BCUT2D eigenvalue weighted by Crippen LogP contribution is -2.11. The van der Waals surface area contributed by atoms with Gasteiger partial charge in [0.05, 0.1) is 17.4 Å². The molecule has 3 rings (SSSR count). The van der Waals surface area contributed by atoms with E-state index in [1.807, 2.05) is 0 Å². The maximum Gasteiger partial charge on any atom is 0.513 e. The van der Waals surface area contributed by atoms with Crippen molar-refractivity contribution >= 4 is 27.7 Å². The van der Waals surface area contributed by atoms with Gasteiger partial charge in [0.25, 0.3) is 0 Å². The summed E-state index contributed by atoms with van der Waals surface area (Å²) in [6, 6.07) is 10.5. The quantitative estimate of drug-likeness (QED) is 0.387. The molecule has 0 aliphatic heterocycles. The van der Waals surface area contributed by atoms with Gasteiger partial charge >= 0.3 is 6.16 Å². The average molecular weight is 302 g/mol. The van der Waals surface area contributed by atoms with Gasteiger partial charge in [-0.3, -0.25) is 0 Å². The van der Waals surface area contributed by atoms with Gasteiger partial charge in [-0.05, 0) is 35.9 Å². The lowest BCUT2D eigenvalue weighted by Gasteiger charge is -2.12. The van der Waals surface area contributed by atoms with Crippen LogP contribution in [0.15, 0.2) is 42.5 Å². The van der Waals surface area contributed by atoms with E-state index in [2.05, 4.69) is 0 Å².